The van der Waals surface area contributed by atoms with Crippen LogP contribution in [0.15, 0.2) is 22.8 Å². The maximum absolute atomic E-state index is 13.7. The molecule has 2 N–H and O–H groups in total. The van der Waals surface area contributed by atoms with Crippen LogP contribution in [0, 0.1) is 11.6 Å². The maximum atomic E-state index is 13.7. The molecule has 0 fully saturated rings. The van der Waals surface area contributed by atoms with Crippen LogP contribution in [0.5, 0.6) is 0 Å². The predicted molar refractivity (Wildman–Crippen MR) is 74.0 cm³/mol. The maximum Gasteiger partial charge on any atom is 0.226 e. The highest BCUT2D eigenvalue weighted by Gasteiger charge is 2.13. The van der Waals surface area contributed by atoms with E-state index in [0.29, 0.717) is 11.0 Å². The molecule has 0 bridgehead atoms. The Balaban J connectivity index is 2.09. The molecule has 0 saturated carbocycles. The van der Waals surface area contributed by atoms with Crippen molar-refractivity contribution in [3.05, 3.63) is 39.7 Å². The molecular weight excluding hydrogens is 356 g/mol. The van der Waals surface area contributed by atoms with Crippen molar-refractivity contribution >= 4 is 50.1 Å². The van der Waals surface area contributed by atoms with Crippen LogP contribution in [-0.2, 0) is 0 Å². The van der Waals surface area contributed by atoms with Gasteiger partial charge in [-0.05, 0) is 33.6 Å². The average molecular weight is 361 g/mol. The number of fused-ring (bicyclic) bond motifs is 1. The fraction of sp³-hybridized carbons (Fsp3) is 0. The number of anilines is 2. The highest BCUT2D eigenvalue weighted by Crippen LogP contribution is 2.28. The minimum atomic E-state index is -0.753. The Morgan fingerprint density at radius 3 is 2.80 bits per heavy atom. The third-order valence-electron chi connectivity index (χ3n) is 2.55. The number of aromatic nitrogens is 4. The third kappa shape index (κ3) is 2.32. The van der Waals surface area contributed by atoms with Gasteiger partial charge in [-0.1, -0.05) is 0 Å². The summed E-state index contributed by atoms with van der Waals surface area (Å²) in [7, 11) is 0. The molecule has 5 nitrogen and oxygen atoms in total. The zero-order valence-electron chi connectivity index (χ0n) is 9.59. The van der Waals surface area contributed by atoms with E-state index in [4.69, 9.17) is 11.6 Å². The molecule has 20 heavy (non-hydrogen) atoms. The molecule has 0 saturated heterocycles. The lowest BCUT2D eigenvalue weighted by atomic mass is 10.3. The molecule has 9 heteroatoms. The first-order valence-corrected chi connectivity index (χ1v) is 6.50. The predicted octanol–water partition coefficient (Wildman–Crippen LogP) is 3.79. The zero-order chi connectivity index (χ0) is 14.3. The van der Waals surface area contributed by atoms with Crippen LogP contribution in [0.25, 0.3) is 11.0 Å². The van der Waals surface area contributed by atoms with Gasteiger partial charge >= 0.3 is 0 Å². The molecule has 3 aromatic rings. The molecule has 0 unspecified atom stereocenters. The molecule has 2 heterocycles. The molecule has 1 aromatic carbocycles. The molecular formula is C11H5BrClF2N5. The lowest BCUT2D eigenvalue weighted by Gasteiger charge is -2.08. The molecule has 3 rings (SSSR count). The van der Waals surface area contributed by atoms with Gasteiger partial charge in [-0.2, -0.15) is 15.1 Å². The fourth-order valence-corrected chi connectivity index (χ4v) is 2.16. The number of hydrogen-bond donors (Lipinski definition) is 2. The van der Waals surface area contributed by atoms with Gasteiger partial charge in [-0.15, -0.1) is 0 Å². The van der Waals surface area contributed by atoms with Gasteiger partial charge < -0.3 is 5.32 Å². The normalized spacial score (nSPS) is 11.0. The SMILES string of the molecule is Fc1cc(F)c(Nc2nc(Cl)nc3[nH]ncc23)cc1Br. The first-order valence-electron chi connectivity index (χ1n) is 5.33. The lowest BCUT2D eigenvalue weighted by Crippen LogP contribution is -1.99. The standard InChI is InChI=1S/C11H5BrClF2N5/c12-5-1-8(7(15)2-6(5)14)17-9-4-3-16-20-10(4)19-11(13)18-9/h1-3H,(H2,16,17,18,19,20). The summed E-state index contributed by atoms with van der Waals surface area (Å²) in [5.41, 5.74) is 0.463. The van der Waals surface area contributed by atoms with Crippen molar-refractivity contribution in [1.82, 2.24) is 20.2 Å². The van der Waals surface area contributed by atoms with Crippen molar-refractivity contribution in [2.75, 3.05) is 5.32 Å². The summed E-state index contributed by atoms with van der Waals surface area (Å²) in [5.74, 6) is -1.18. The first kappa shape index (κ1) is 13.2. The smallest absolute Gasteiger partial charge is 0.226 e. The van der Waals surface area contributed by atoms with Crippen LogP contribution in [0.3, 0.4) is 0 Å². The van der Waals surface area contributed by atoms with Gasteiger partial charge in [0.2, 0.25) is 5.28 Å². The van der Waals surface area contributed by atoms with Crippen molar-refractivity contribution in [3.8, 4) is 0 Å². The lowest BCUT2D eigenvalue weighted by molar-refractivity contribution is 0.581. The van der Waals surface area contributed by atoms with Crippen molar-refractivity contribution < 1.29 is 8.78 Å². The monoisotopic (exact) mass is 359 g/mol. The summed E-state index contributed by atoms with van der Waals surface area (Å²) in [4.78, 5) is 7.89. The highest BCUT2D eigenvalue weighted by molar-refractivity contribution is 9.10. The number of benzene rings is 1. The van der Waals surface area contributed by atoms with Gasteiger partial charge in [0.25, 0.3) is 0 Å². The molecule has 0 radical (unpaired) electrons. The van der Waals surface area contributed by atoms with E-state index in [1.807, 2.05) is 0 Å². The number of rotatable bonds is 2. The Kier molecular flexibility index (Phi) is 3.27. The zero-order valence-corrected chi connectivity index (χ0v) is 11.9. The molecule has 102 valence electrons. The molecule has 0 amide bonds. The number of aromatic amines is 1. The van der Waals surface area contributed by atoms with Gasteiger partial charge in [0.05, 0.1) is 21.7 Å². The summed E-state index contributed by atoms with van der Waals surface area (Å²) >= 11 is 8.76. The quantitative estimate of drug-likeness (QED) is 0.539. The number of nitrogens with one attached hydrogen (secondary N) is 2. The van der Waals surface area contributed by atoms with Gasteiger partial charge in [0, 0.05) is 6.07 Å². The largest absolute Gasteiger partial charge is 0.337 e. The number of hydrogen-bond acceptors (Lipinski definition) is 4. The summed E-state index contributed by atoms with van der Waals surface area (Å²) in [5, 5.41) is 9.70. The first-order chi connectivity index (χ1) is 9.54. The van der Waals surface area contributed by atoms with Gasteiger partial charge in [0.1, 0.15) is 17.5 Å². The summed E-state index contributed by atoms with van der Waals surface area (Å²) in [6.07, 6.45) is 1.48. The minimum absolute atomic E-state index is 0.0224. The molecule has 0 aliphatic heterocycles. The van der Waals surface area contributed by atoms with Crippen LogP contribution in [0.2, 0.25) is 5.28 Å². The minimum Gasteiger partial charge on any atom is -0.337 e. The van der Waals surface area contributed by atoms with Crippen LogP contribution in [0.1, 0.15) is 0 Å². The van der Waals surface area contributed by atoms with Crippen LogP contribution < -0.4 is 5.32 Å². The molecule has 0 spiro atoms. The van der Waals surface area contributed by atoms with Crippen molar-refractivity contribution in [1.29, 1.82) is 0 Å². The van der Waals surface area contributed by atoms with E-state index >= 15 is 0 Å². The Labute approximate surface area is 124 Å². The average Bonchev–Trinajstić information content (AvgIpc) is 2.84. The summed E-state index contributed by atoms with van der Waals surface area (Å²) in [6.45, 7) is 0. The summed E-state index contributed by atoms with van der Waals surface area (Å²) in [6, 6.07) is 2.04. The van der Waals surface area contributed by atoms with E-state index in [1.54, 1.807) is 0 Å². The van der Waals surface area contributed by atoms with E-state index in [9.17, 15) is 8.78 Å². The number of H-pyrrole nitrogens is 1. The Morgan fingerprint density at radius 2 is 2.00 bits per heavy atom. The Hall–Kier alpha value is -1.80. The molecule has 0 aliphatic rings. The number of halogens is 4. The van der Waals surface area contributed by atoms with Crippen molar-refractivity contribution in [3.63, 3.8) is 0 Å². The van der Waals surface area contributed by atoms with Crippen molar-refractivity contribution in [2.45, 2.75) is 0 Å². The van der Waals surface area contributed by atoms with Crippen LogP contribution in [0.4, 0.5) is 20.3 Å². The number of nitrogens with zero attached hydrogens (tertiary/aromatic N) is 3. The second-order valence-corrected chi connectivity index (χ2v) is 5.04. The van der Waals surface area contributed by atoms with E-state index in [1.165, 1.54) is 12.3 Å². The van der Waals surface area contributed by atoms with Gasteiger partial charge in [0.15, 0.2) is 5.65 Å². The second kappa shape index (κ2) is 4.95. The molecule has 0 aliphatic carbocycles. The van der Waals surface area contributed by atoms with E-state index in [0.717, 1.165) is 6.07 Å². The van der Waals surface area contributed by atoms with Crippen LogP contribution in [-0.4, -0.2) is 20.2 Å². The van der Waals surface area contributed by atoms with E-state index < -0.39 is 11.6 Å². The Bertz CT molecular complexity index is 807. The molecule has 2 aromatic heterocycles. The molecule has 0 atom stereocenters. The fourth-order valence-electron chi connectivity index (χ4n) is 1.65. The topological polar surface area (TPSA) is 66.5 Å². The van der Waals surface area contributed by atoms with Crippen LogP contribution >= 0.6 is 27.5 Å². The van der Waals surface area contributed by atoms with E-state index in [2.05, 4.69) is 41.4 Å². The third-order valence-corrected chi connectivity index (χ3v) is 3.32. The highest BCUT2D eigenvalue weighted by atomic mass is 79.9. The van der Waals surface area contributed by atoms with Crippen molar-refractivity contribution in [2.24, 2.45) is 0 Å². The second-order valence-electron chi connectivity index (χ2n) is 3.84. The van der Waals surface area contributed by atoms with E-state index in [-0.39, 0.29) is 21.3 Å². The Morgan fingerprint density at radius 1 is 1.20 bits per heavy atom. The van der Waals surface area contributed by atoms with Gasteiger partial charge in [-0.3, -0.25) is 5.10 Å². The summed E-state index contributed by atoms with van der Waals surface area (Å²) < 4.78 is 27.0. The van der Waals surface area contributed by atoms with Gasteiger partial charge in [-0.25, -0.2) is 8.78 Å².